The molecule has 3 nitrogen and oxygen atoms in total. The second kappa shape index (κ2) is 4.79. The minimum Gasteiger partial charge on any atom is -0.480 e. The van der Waals surface area contributed by atoms with Crippen LogP contribution in [-0.2, 0) is 4.79 Å². The molecule has 0 aliphatic heterocycles. The van der Waals surface area contributed by atoms with Gasteiger partial charge in [-0.15, -0.1) is 12.4 Å². The molecule has 3 N–H and O–H groups in total. The van der Waals surface area contributed by atoms with Crippen LogP contribution >= 0.6 is 12.4 Å². The minimum atomic E-state index is -1.12. The summed E-state index contributed by atoms with van der Waals surface area (Å²) < 4.78 is 12.4. The lowest BCUT2D eigenvalue weighted by atomic mass is 10.1. The Balaban J connectivity index is 0.00000144. The lowest BCUT2D eigenvalue weighted by molar-refractivity contribution is -0.138. The number of carboxylic acids is 1. The Morgan fingerprint density at radius 3 is 2.23 bits per heavy atom. The van der Waals surface area contributed by atoms with Crippen LogP contribution in [0.2, 0.25) is 0 Å². The molecule has 0 bridgehead atoms. The number of carbonyl (C=O) groups is 1. The van der Waals surface area contributed by atoms with Crippen molar-refractivity contribution in [3.8, 4) is 0 Å². The van der Waals surface area contributed by atoms with Gasteiger partial charge in [-0.25, -0.2) is 4.39 Å². The molecule has 0 fully saturated rings. The zero-order valence-corrected chi connectivity index (χ0v) is 7.42. The molecular formula is C8H9ClFNO2. The first-order chi connectivity index (χ1) is 5.61. The van der Waals surface area contributed by atoms with Gasteiger partial charge in [0.05, 0.1) is 0 Å². The van der Waals surface area contributed by atoms with Gasteiger partial charge >= 0.3 is 5.97 Å². The lowest BCUT2D eigenvalue weighted by Gasteiger charge is -2.05. The Kier molecular flexibility index (Phi) is 4.37. The smallest absolute Gasteiger partial charge is 0.325 e. The molecule has 0 aliphatic carbocycles. The molecule has 0 saturated carbocycles. The highest BCUT2D eigenvalue weighted by Gasteiger charge is 2.13. The monoisotopic (exact) mass is 205 g/mol. The summed E-state index contributed by atoms with van der Waals surface area (Å²) in [6.45, 7) is 0. The van der Waals surface area contributed by atoms with E-state index in [0.717, 1.165) is 0 Å². The van der Waals surface area contributed by atoms with E-state index in [9.17, 15) is 9.18 Å². The molecule has 0 amide bonds. The molecular weight excluding hydrogens is 197 g/mol. The van der Waals surface area contributed by atoms with Gasteiger partial charge in [0.25, 0.3) is 0 Å². The number of benzene rings is 1. The first kappa shape index (κ1) is 11.9. The van der Waals surface area contributed by atoms with E-state index in [-0.39, 0.29) is 12.4 Å². The Labute approximate surface area is 80.8 Å². The Morgan fingerprint density at radius 1 is 1.38 bits per heavy atom. The van der Waals surface area contributed by atoms with Gasteiger partial charge in [-0.05, 0) is 17.7 Å². The van der Waals surface area contributed by atoms with Gasteiger partial charge in [0.2, 0.25) is 0 Å². The molecule has 0 aliphatic rings. The normalized spacial score (nSPS) is 11.5. The van der Waals surface area contributed by atoms with Crippen molar-refractivity contribution in [3.05, 3.63) is 35.6 Å². The van der Waals surface area contributed by atoms with E-state index < -0.39 is 17.8 Å². The fourth-order valence-electron chi connectivity index (χ4n) is 0.813. The van der Waals surface area contributed by atoms with Crippen LogP contribution in [0, 0.1) is 5.82 Å². The van der Waals surface area contributed by atoms with Crippen LogP contribution in [0.4, 0.5) is 4.39 Å². The first-order valence-corrected chi connectivity index (χ1v) is 3.35. The molecule has 1 aromatic carbocycles. The Bertz CT molecular complexity index is 289. The zero-order chi connectivity index (χ0) is 9.14. The number of aliphatic carboxylic acids is 1. The quantitative estimate of drug-likeness (QED) is 0.766. The molecule has 0 unspecified atom stereocenters. The molecule has 5 heteroatoms. The molecule has 1 aromatic rings. The highest BCUT2D eigenvalue weighted by atomic mass is 35.5. The van der Waals surface area contributed by atoms with Crippen molar-refractivity contribution in [3.63, 3.8) is 0 Å². The van der Waals surface area contributed by atoms with Gasteiger partial charge in [-0.2, -0.15) is 0 Å². The maximum Gasteiger partial charge on any atom is 0.325 e. The molecule has 72 valence electrons. The van der Waals surface area contributed by atoms with Crippen LogP contribution in [0.3, 0.4) is 0 Å². The van der Waals surface area contributed by atoms with Crippen molar-refractivity contribution in [2.24, 2.45) is 5.73 Å². The third-order valence-electron chi connectivity index (χ3n) is 1.50. The number of halogens is 2. The van der Waals surface area contributed by atoms with Gasteiger partial charge in [0.15, 0.2) is 0 Å². The third kappa shape index (κ3) is 3.01. The first-order valence-electron chi connectivity index (χ1n) is 3.35. The van der Waals surface area contributed by atoms with E-state index in [0.29, 0.717) is 5.56 Å². The van der Waals surface area contributed by atoms with Crippen molar-refractivity contribution in [2.45, 2.75) is 6.04 Å². The second-order valence-corrected chi connectivity index (χ2v) is 2.37. The summed E-state index contributed by atoms with van der Waals surface area (Å²) in [5, 5.41) is 8.49. The van der Waals surface area contributed by atoms with Crippen molar-refractivity contribution in [1.29, 1.82) is 0 Å². The van der Waals surface area contributed by atoms with Crippen LogP contribution in [0.15, 0.2) is 24.3 Å². The van der Waals surface area contributed by atoms with E-state index in [2.05, 4.69) is 0 Å². The summed E-state index contributed by atoms with van der Waals surface area (Å²) in [5.41, 5.74) is 5.66. The lowest BCUT2D eigenvalue weighted by Crippen LogP contribution is -2.20. The predicted molar refractivity (Wildman–Crippen MR) is 48.2 cm³/mol. The number of hydrogen-bond acceptors (Lipinski definition) is 2. The summed E-state index contributed by atoms with van der Waals surface area (Å²) in [4.78, 5) is 10.4. The summed E-state index contributed by atoms with van der Waals surface area (Å²) >= 11 is 0. The molecule has 13 heavy (non-hydrogen) atoms. The number of rotatable bonds is 2. The van der Waals surface area contributed by atoms with Crippen LogP contribution in [0.1, 0.15) is 11.6 Å². The summed E-state index contributed by atoms with van der Waals surface area (Å²) in [7, 11) is 0. The van der Waals surface area contributed by atoms with E-state index in [1.165, 1.54) is 24.3 Å². The maximum absolute atomic E-state index is 12.4. The number of carboxylic acid groups (broad SMARTS) is 1. The summed E-state index contributed by atoms with van der Waals surface area (Å²) in [6, 6.07) is 3.99. The maximum atomic E-state index is 12.4. The van der Waals surface area contributed by atoms with E-state index in [4.69, 9.17) is 10.8 Å². The topological polar surface area (TPSA) is 63.3 Å². The Morgan fingerprint density at radius 2 is 1.85 bits per heavy atom. The highest BCUT2D eigenvalue weighted by Crippen LogP contribution is 2.10. The summed E-state index contributed by atoms with van der Waals surface area (Å²) in [6.07, 6.45) is 0. The van der Waals surface area contributed by atoms with Crippen LogP contribution in [-0.4, -0.2) is 11.1 Å². The van der Waals surface area contributed by atoms with Gasteiger partial charge < -0.3 is 10.8 Å². The molecule has 0 aromatic heterocycles. The molecule has 1 atom stereocenters. The van der Waals surface area contributed by atoms with Gasteiger partial charge in [-0.3, -0.25) is 4.79 Å². The fourth-order valence-corrected chi connectivity index (χ4v) is 0.813. The van der Waals surface area contributed by atoms with E-state index in [1.54, 1.807) is 0 Å². The van der Waals surface area contributed by atoms with Crippen molar-refractivity contribution in [1.82, 2.24) is 0 Å². The standard InChI is InChI=1S/C8H8FNO2.ClH/c9-6-3-1-5(2-4-6)7(10)8(11)12;/h1-4,7H,10H2,(H,11,12);1H/t7-;/m0./s1. The summed E-state index contributed by atoms with van der Waals surface area (Å²) in [5.74, 6) is -1.53. The van der Waals surface area contributed by atoms with Crippen molar-refractivity contribution >= 4 is 18.4 Å². The van der Waals surface area contributed by atoms with E-state index in [1.807, 2.05) is 0 Å². The second-order valence-electron chi connectivity index (χ2n) is 2.37. The van der Waals surface area contributed by atoms with Crippen LogP contribution in [0.25, 0.3) is 0 Å². The molecule has 0 radical (unpaired) electrons. The average molecular weight is 206 g/mol. The third-order valence-corrected chi connectivity index (χ3v) is 1.50. The SMILES string of the molecule is Cl.N[C@H](C(=O)O)c1ccc(F)cc1. The molecule has 1 rings (SSSR count). The minimum absolute atomic E-state index is 0. The highest BCUT2D eigenvalue weighted by molar-refractivity contribution is 5.85. The molecule has 0 spiro atoms. The number of hydrogen-bond donors (Lipinski definition) is 2. The van der Waals surface area contributed by atoms with Gasteiger partial charge in [0, 0.05) is 0 Å². The van der Waals surface area contributed by atoms with E-state index >= 15 is 0 Å². The van der Waals surface area contributed by atoms with Crippen LogP contribution in [0.5, 0.6) is 0 Å². The van der Waals surface area contributed by atoms with Crippen molar-refractivity contribution < 1.29 is 14.3 Å². The van der Waals surface area contributed by atoms with Crippen LogP contribution < -0.4 is 5.73 Å². The molecule has 0 saturated heterocycles. The van der Waals surface area contributed by atoms with Gasteiger partial charge in [-0.1, -0.05) is 12.1 Å². The average Bonchev–Trinajstić information content (AvgIpc) is 2.04. The molecule has 0 heterocycles. The zero-order valence-electron chi connectivity index (χ0n) is 6.61. The van der Waals surface area contributed by atoms with Gasteiger partial charge in [0.1, 0.15) is 11.9 Å². The Hall–Kier alpha value is -1.13. The predicted octanol–water partition coefficient (Wildman–Crippen LogP) is 1.33. The van der Waals surface area contributed by atoms with Crippen molar-refractivity contribution in [2.75, 3.05) is 0 Å². The fraction of sp³-hybridized carbons (Fsp3) is 0.125. The largest absolute Gasteiger partial charge is 0.480 e. The number of nitrogens with two attached hydrogens (primary N) is 1.